The Morgan fingerprint density at radius 3 is 2.38 bits per heavy atom. The van der Waals surface area contributed by atoms with Gasteiger partial charge >= 0.3 is 0 Å². The van der Waals surface area contributed by atoms with Gasteiger partial charge in [0.1, 0.15) is 0 Å². The summed E-state index contributed by atoms with van der Waals surface area (Å²) in [6.45, 7) is 9.14. The largest absolute Gasteiger partial charge is 0.146 e. The van der Waals surface area contributed by atoms with Crippen molar-refractivity contribution >= 4 is 11.3 Å². The van der Waals surface area contributed by atoms with Crippen LogP contribution in [-0.2, 0) is 6.42 Å². The Balaban J connectivity index is 2.56. The van der Waals surface area contributed by atoms with E-state index in [2.05, 4.69) is 39.8 Å². The van der Waals surface area contributed by atoms with E-state index in [1.54, 1.807) is 4.88 Å². The van der Waals surface area contributed by atoms with Crippen molar-refractivity contribution in [2.75, 3.05) is 0 Å². The summed E-state index contributed by atoms with van der Waals surface area (Å²) in [5, 5.41) is 0. The molecule has 74 valence electrons. The van der Waals surface area contributed by atoms with E-state index in [1.165, 1.54) is 17.7 Å². The van der Waals surface area contributed by atoms with Gasteiger partial charge in [-0.2, -0.15) is 0 Å². The zero-order chi connectivity index (χ0) is 9.84. The smallest absolute Gasteiger partial charge is 0.00509 e. The molecule has 0 saturated heterocycles. The summed E-state index contributed by atoms with van der Waals surface area (Å²) < 4.78 is 0. The van der Waals surface area contributed by atoms with Gasteiger partial charge in [-0.05, 0) is 37.3 Å². The van der Waals surface area contributed by atoms with Crippen molar-refractivity contribution in [3.8, 4) is 0 Å². The molecule has 0 saturated carbocycles. The second-order valence-electron chi connectivity index (χ2n) is 4.13. The topological polar surface area (TPSA) is 0 Å². The van der Waals surface area contributed by atoms with Gasteiger partial charge in [0.2, 0.25) is 0 Å². The quantitative estimate of drug-likeness (QED) is 0.674. The summed E-state index contributed by atoms with van der Waals surface area (Å²) in [6, 6.07) is 4.51. The van der Waals surface area contributed by atoms with Gasteiger partial charge in [-0.1, -0.05) is 27.2 Å². The van der Waals surface area contributed by atoms with Crippen LogP contribution in [0.25, 0.3) is 0 Å². The van der Waals surface area contributed by atoms with Gasteiger partial charge in [-0.25, -0.2) is 0 Å². The van der Waals surface area contributed by atoms with Crippen LogP contribution in [-0.4, -0.2) is 0 Å². The Hall–Kier alpha value is -0.300. The lowest BCUT2D eigenvalue weighted by molar-refractivity contribution is 0.373. The number of rotatable bonds is 4. The van der Waals surface area contributed by atoms with E-state index in [-0.39, 0.29) is 0 Å². The predicted octanol–water partition coefficient (Wildman–Crippen LogP) is 4.28. The molecule has 1 atom stereocenters. The summed E-state index contributed by atoms with van der Waals surface area (Å²) in [7, 11) is 0. The molecule has 1 heteroatoms. The molecule has 0 amide bonds. The molecule has 1 aromatic rings. The van der Waals surface area contributed by atoms with Crippen molar-refractivity contribution in [3.05, 3.63) is 21.9 Å². The van der Waals surface area contributed by atoms with Crippen LogP contribution in [0, 0.1) is 18.8 Å². The minimum Gasteiger partial charge on any atom is -0.146 e. The van der Waals surface area contributed by atoms with Crippen LogP contribution in [0.5, 0.6) is 0 Å². The van der Waals surface area contributed by atoms with Gasteiger partial charge in [-0.15, -0.1) is 11.3 Å². The van der Waals surface area contributed by atoms with Crippen molar-refractivity contribution < 1.29 is 0 Å². The number of aryl methyl sites for hydroxylation is 1. The summed E-state index contributed by atoms with van der Waals surface area (Å²) in [6.07, 6.45) is 2.57. The molecule has 0 nitrogen and oxygen atoms in total. The molecule has 0 radical (unpaired) electrons. The van der Waals surface area contributed by atoms with Crippen molar-refractivity contribution in [1.82, 2.24) is 0 Å². The lowest BCUT2D eigenvalue weighted by Gasteiger charge is -2.17. The lowest BCUT2D eigenvalue weighted by Crippen LogP contribution is -2.09. The summed E-state index contributed by atoms with van der Waals surface area (Å²) in [5.74, 6) is 1.67. The van der Waals surface area contributed by atoms with Crippen LogP contribution in [0.2, 0.25) is 0 Å². The Labute approximate surface area is 86.0 Å². The first kappa shape index (κ1) is 10.8. The Morgan fingerprint density at radius 1 is 1.31 bits per heavy atom. The lowest BCUT2D eigenvalue weighted by atomic mass is 9.90. The summed E-state index contributed by atoms with van der Waals surface area (Å²) in [5.41, 5.74) is 0. The Bertz CT molecular complexity index is 247. The SMILES string of the molecule is CCC(Cc1ccc(C)s1)C(C)C. The van der Waals surface area contributed by atoms with E-state index in [1.807, 2.05) is 11.3 Å². The van der Waals surface area contributed by atoms with Gasteiger partial charge < -0.3 is 0 Å². The molecule has 0 aliphatic carbocycles. The normalized spacial score (nSPS) is 13.6. The standard InChI is InChI=1S/C12H20S/c1-5-11(9(2)3)8-12-7-6-10(4)13-12/h6-7,9,11H,5,8H2,1-4H3. The molecule has 1 rings (SSSR count). The fraction of sp³-hybridized carbons (Fsp3) is 0.667. The van der Waals surface area contributed by atoms with Crippen molar-refractivity contribution in [2.24, 2.45) is 11.8 Å². The fourth-order valence-electron chi connectivity index (χ4n) is 1.70. The zero-order valence-electron chi connectivity index (χ0n) is 9.13. The van der Waals surface area contributed by atoms with Crippen LogP contribution in [0.4, 0.5) is 0 Å². The average molecular weight is 196 g/mol. The van der Waals surface area contributed by atoms with Gasteiger partial charge in [0, 0.05) is 9.75 Å². The van der Waals surface area contributed by atoms with Crippen molar-refractivity contribution in [1.29, 1.82) is 0 Å². The molecule has 1 unspecified atom stereocenters. The van der Waals surface area contributed by atoms with Crippen LogP contribution in [0.15, 0.2) is 12.1 Å². The van der Waals surface area contributed by atoms with Gasteiger partial charge in [-0.3, -0.25) is 0 Å². The zero-order valence-corrected chi connectivity index (χ0v) is 9.95. The van der Waals surface area contributed by atoms with Crippen molar-refractivity contribution in [3.63, 3.8) is 0 Å². The highest BCUT2D eigenvalue weighted by molar-refractivity contribution is 7.11. The molecule has 0 bridgehead atoms. The third kappa shape index (κ3) is 3.15. The predicted molar refractivity (Wildman–Crippen MR) is 61.4 cm³/mol. The second-order valence-corrected chi connectivity index (χ2v) is 5.50. The molecule has 1 heterocycles. The molecular formula is C12H20S. The monoisotopic (exact) mass is 196 g/mol. The maximum atomic E-state index is 2.33. The van der Waals surface area contributed by atoms with E-state index in [0.717, 1.165) is 11.8 Å². The van der Waals surface area contributed by atoms with Gasteiger partial charge in [0.15, 0.2) is 0 Å². The van der Waals surface area contributed by atoms with E-state index in [4.69, 9.17) is 0 Å². The molecule has 0 aliphatic heterocycles. The van der Waals surface area contributed by atoms with Crippen LogP contribution < -0.4 is 0 Å². The molecule has 0 aliphatic rings. The highest BCUT2D eigenvalue weighted by Gasteiger charge is 2.12. The third-order valence-corrected chi connectivity index (χ3v) is 3.75. The first-order chi connectivity index (χ1) is 6.13. The van der Waals surface area contributed by atoms with E-state index in [9.17, 15) is 0 Å². The fourth-order valence-corrected chi connectivity index (χ4v) is 2.69. The number of hydrogen-bond donors (Lipinski definition) is 0. The van der Waals surface area contributed by atoms with E-state index >= 15 is 0 Å². The van der Waals surface area contributed by atoms with Crippen LogP contribution >= 0.6 is 11.3 Å². The highest BCUT2D eigenvalue weighted by Crippen LogP contribution is 2.24. The molecule has 0 fully saturated rings. The summed E-state index contributed by atoms with van der Waals surface area (Å²) in [4.78, 5) is 2.99. The second kappa shape index (κ2) is 4.80. The minimum atomic E-state index is 0.812. The van der Waals surface area contributed by atoms with Crippen LogP contribution in [0.3, 0.4) is 0 Å². The molecule has 0 spiro atoms. The Kier molecular flexibility index (Phi) is 3.98. The molecule has 0 aromatic carbocycles. The maximum Gasteiger partial charge on any atom is 0.00509 e. The summed E-state index contributed by atoms with van der Waals surface area (Å²) >= 11 is 1.95. The van der Waals surface area contributed by atoms with Crippen LogP contribution in [0.1, 0.15) is 36.9 Å². The van der Waals surface area contributed by atoms with E-state index < -0.39 is 0 Å². The van der Waals surface area contributed by atoms with Gasteiger partial charge in [0.05, 0.1) is 0 Å². The molecule has 1 aromatic heterocycles. The Morgan fingerprint density at radius 2 is 2.00 bits per heavy atom. The molecule has 0 N–H and O–H groups in total. The van der Waals surface area contributed by atoms with Gasteiger partial charge in [0.25, 0.3) is 0 Å². The number of hydrogen-bond acceptors (Lipinski definition) is 1. The maximum absolute atomic E-state index is 2.33. The van der Waals surface area contributed by atoms with E-state index in [0.29, 0.717) is 0 Å². The molecular weight excluding hydrogens is 176 g/mol. The first-order valence-electron chi connectivity index (χ1n) is 5.18. The highest BCUT2D eigenvalue weighted by atomic mass is 32.1. The average Bonchev–Trinajstić information content (AvgIpc) is 2.46. The first-order valence-corrected chi connectivity index (χ1v) is 6.00. The molecule has 13 heavy (non-hydrogen) atoms. The third-order valence-electron chi connectivity index (χ3n) is 2.73. The number of thiophene rings is 1. The van der Waals surface area contributed by atoms with Crippen molar-refractivity contribution in [2.45, 2.75) is 40.5 Å². The minimum absolute atomic E-state index is 0.812.